The van der Waals surface area contributed by atoms with Crippen LogP contribution in [0.3, 0.4) is 0 Å². The second kappa shape index (κ2) is 9.34. The lowest BCUT2D eigenvalue weighted by Crippen LogP contribution is -2.32. The normalized spacial score (nSPS) is 15.2. The molecule has 1 aliphatic heterocycles. The van der Waals surface area contributed by atoms with Crippen molar-refractivity contribution >= 4 is 5.91 Å². The summed E-state index contributed by atoms with van der Waals surface area (Å²) in [7, 11) is 0. The largest absolute Gasteiger partial charge is 0.351 e. The van der Waals surface area contributed by atoms with Crippen LogP contribution in [0.25, 0.3) is 0 Å². The van der Waals surface area contributed by atoms with E-state index in [1.54, 1.807) is 24.3 Å². The zero-order chi connectivity index (χ0) is 21.8. The van der Waals surface area contributed by atoms with E-state index in [0.29, 0.717) is 6.54 Å². The van der Waals surface area contributed by atoms with Gasteiger partial charge in [0.2, 0.25) is 5.76 Å². The first-order valence-corrected chi connectivity index (χ1v) is 10.1. The summed E-state index contributed by atoms with van der Waals surface area (Å²) in [5.41, 5.74) is 2.25. The van der Waals surface area contributed by atoms with E-state index in [-0.39, 0.29) is 29.9 Å². The molecule has 1 aliphatic rings. The lowest BCUT2D eigenvalue weighted by Gasteiger charge is -2.31. The maximum Gasteiger partial charge on any atom is 0.290 e. The number of aromatic nitrogens is 1. The Balaban J connectivity index is 1.28. The standard InChI is InChI=1S/C23H22F3N3O2/c24-18-4-1-15(2-5-18)13-27-23(30)22-12-21(28-31-22)17-7-9-29(10-8-17)14-16-3-6-19(25)20(26)11-16/h1-6,11-12,17H,7-10,13-14H2,(H,27,30). The SMILES string of the molecule is O=C(NCc1ccc(F)cc1)c1cc(C2CCN(Cc3ccc(F)c(F)c3)CC2)no1. The van der Waals surface area contributed by atoms with Gasteiger partial charge < -0.3 is 9.84 Å². The highest BCUT2D eigenvalue weighted by Crippen LogP contribution is 2.28. The van der Waals surface area contributed by atoms with Crippen molar-refractivity contribution in [2.75, 3.05) is 13.1 Å². The summed E-state index contributed by atoms with van der Waals surface area (Å²) in [6, 6.07) is 11.5. The van der Waals surface area contributed by atoms with Crippen LogP contribution in [0.1, 0.15) is 46.1 Å². The summed E-state index contributed by atoms with van der Waals surface area (Å²) in [6.07, 6.45) is 1.65. The van der Waals surface area contributed by atoms with Gasteiger partial charge in [0.1, 0.15) is 5.82 Å². The Kier molecular flexibility index (Phi) is 6.36. The molecule has 1 fully saturated rings. The number of carbonyl (C=O) groups is 1. The number of carbonyl (C=O) groups excluding carboxylic acids is 1. The van der Waals surface area contributed by atoms with E-state index < -0.39 is 11.6 Å². The lowest BCUT2D eigenvalue weighted by atomic mass is 9.93. The molecule has 1 N–H and O–H groups in total. The molecule has 0 radical (unpaired) electrons. The minimum atomic E-state index is -0.842. The molecule has 8 heteroatoms. The van der Waals surface area contributed by atoms with E-state index >= 15 is 0 Å². The lowest BCUT2D eigenvalue weighted by molar-refractivity contribution is 0.0913. The predicted octanol–water partition coefficient (Wildman–Crippen LogP) is 4.40. The molecule has 2 heterocycles. The van der Waals surface area contributed by atoms with Gasteiger partial charge in [-0.2, -0.15) is 0 Å². The number of piperidine rings is 1. The van der Waals surface area contributed by atoms with Gasteiger partial charge in [0.25, 0.3) is 5.91 Å². The third kappa shape index (κ3) is 5.32. The van der Waals surface area contributed by atoms with Crippen molar-refractivity contribution < 1.29 is 22.5 Å². The Bertz CT molecular complexity index is 1040. The molecule has 5 nitrogen and oxygen atoms in total. The van der Waals surface area contributed by atoms with Gasteiger partial charge in [0.15, 0.2) is 11.6 Å². The molecule has 0 saturated carbocycles. The summed E-state index contributed by atoms with van der Waals surface area (Å²) in [6.45, 7) is 2.38. The third-order valence-corrected chi connectivity index (χ3v) is 5.51. The van der Waals surface area contributed by atoms with Crippen LogP contribution in [0.2, 0.25) is 0 Å². The van der Waals surface area contributed by atoms with Crippen molar-refractivity contribution in [3.63, 3.8) is 0 Å². The molecule has 4 rings (SSSR count). The highest BCUT2D eigenvalue weighted by atomic mass is 19.2. The van der Waals surface area contributed by atoms with Gasteiger partial charge in [-0.1, -0.05) is 23.4 Å². The van der Waals surface area contributed by atoms with Gasteiger partial charge in [-0.25, -0.2) is 13.2 Å². The molecule has 1 saturated heterocycles. The molecule has 0 unspecified atom stereocenters. The Hall–Kier alpha value is -3.13. The highest BCUT2D eigenvalue weighted by molar-refractivity contribution is 5.91. The topological polar surface area (TPSA) is 58.4 Å². The first-order chi connectivity index (χ1) is 15.0. The van der Waals surface area contributed by atoms with Crippen LogP contribution in [-0.2, 0) is 13.1 Å². The second-order valence-corrected chi connectivity index (χ2v) is 7.72. The van der Waals surface area contributed by atoms with Crippen molar-refractivity contribution in [3.05, 3.63) is 88.6 Å². The van der Waals surface area contributed by atoms with Crippen molar-refractivity contribution in [2.24, 2.45) is 0 Å². The molecule has 0 spiro atoms. The minimum Gasteiger partial charge on any atom is -0.351 e. The van der Waals surface area contributed by atoms with E-state index in [9.17, 15) is 18.0 Å². The first kappa shape index (κ1) is 21.1. The number of likely N-dealkylation sites (tertiary alicyclic amines) is 1. The summed E-state index contributed by atoms with van der Waals surface area (Å²) < 4.78 is 44.6. The van der Waals surface area contributed by atoms with Gasteiger partial charge in [-0.05, 0) is 61.3 Å². The summed E-state index contributed by atoms with van der Waals surface area (Å²) >= 11 is 0. The fourth-order valence-electron chi connectivity index (χ4n) is 3.74. The van der Waals surface area contributed by atoms with Gasteiger partial charge in [-0.3, -0.25) is 9.69 Å². The van der Waals surface area contributed by atoms with E-state index in [2.05, 4.69) is 15.4 Å². The zero-order valence-electron chi connectivity index (χ0n) is 16.8. The molecule has 0 bridgehead atoms. The fourth-order valence-corrected chi connectivity index (χ4v) is 3.74. The average molecular weight is 429 g/mol. The van der Waals surface area contributed by atoms with Gasteiger partial charge in [0, 0.05) is 25.1 Å². The number of nitrogens with zero attached hydrogens (tertiary/aromatic N) is 2. The molecular weight excluding hydrogens is 407 g/mol. The molecule has 162 valence electrons. The van der Waals surface area contributed by atoms with Crippen LogP contribution in [0.5, 0.6) is 0 Å². The Morgan fingerprint density at radius 1 is 1.00 bits per heavy atom. The fraction of sp³-hybridized carbons (Fsp3) is 0.304. The van der Waals surface area contributed by atoms with E-state index in [0.717, 1.165) is 48.8 Å². The number of hydrogen-bond acceptors (Lipinski definition) is 4. The number of amides is 1. The molecule has 2 aromatic carbocycles. The van der Waals surface area contributed by atoms with Gasteiger partial charge in [-0.15, -0.1) is 0 Å². The van der Waals surface area contributed by atoms with Crippen molar-refractivity contribution in [1.29, 1.82) is 0 Å². The maximum atomic E-state index is 13.4. The van der Waals surface area contributed by atoms with Crippen LogP contribution < -0.4 is 5.32 Å². The molecule has 1 amide bonds. The van der Waals surface area contributed by atoms with Crippen molar-refractivity contribution in [2.45, 2.75) is 31.8 Å². The number of hydrogen-bond donors (Lipinski definition) is 1. The van der Waals surface area contributed by atoms with Crippen molar-refractivity contribution in [3.8, 4) is 0 Å². The minimum absolute atomic E-state index is 0.140. The van der Waals surface area contributed by atoms with Crippen LogP contribution in [-0.4, -0.2) is 29.1 Å². The van der Waals surface area contributed by atoms with Crippen LogP contribution in [0, 0.1) is 17.5 Å². The Morgan fingerprint density at radius 3 is 2.42 bits per heavy atom. The average Bonchev–Trinajstić information content (AvgIpc) is 3.27. The van der Waals surface area contributed by atoms with Gasteiger partial charge in [0.05, 0.1) is 5.69 Å². The molecule has 31 heavy (non-hydrogen) atoms. The van der Waals surface area contributed by atoms with Crippen LogP contribution in [0.4, 0.5) is 13.2 Å². The smallest absolute Gasteiger partial charge is 0.290 e. The number of rotatable bonds is 6. The van der Waals surface area contributed by atoms with Crippen molar-refractivity contribution in [1.82, 2.24) is 15.4 Å². The van der Waals surface area contributed by atoms with E-state index in [4.69, 9.17) is 4.52 Å². The summed E-state index contributed by atoms with van der Waals surface area (Å²) in [5.74, 6) is -2.07. The summed E-state index contributed by atoms with van der Waals surface area (Å²) in [5, 5.41) is 6.80. The molecule has 3 aromatic rings. The second-order valence-electron chi connectivity index (χ2n) is 7.72. The van der Waals surface area contributed by atoms with E-state index in [1.807, 2.05) is 0 Å². The summed E-state index contributed by atoms with van der Waals surface area (Å²) in [4.78, 5) is 14.5. The Labute approximate surface area is 177 Å². The monoisotopic (exact) mass is 429 g/mol. The highest BCUT2D eigenvalue weighted by Gasteiger charge is 2.25. The predicted molar refractivity (Wildman–Crippen MR) is 108 cm³/mol. The number of benzene rings is 2. The first-order valence-electron chi connectivity index (χ1n) is 10.1. The quantitative estimate of drug-likeness (QED) is 0.631. The molecule has 1 aromatic heterocycles. The zero-order valence-corrected chi connectivity index (χ0v) is 16.8. The Morgan fingerprint density at radius 2 is 1.71 bits per heavy atom. The maximum absolute atomic E-state index is 13.4. The molecular formula is C23H22F3N3O2. The molecule has 0 atom stereocenters. The van der Waals surface area contributed by atoms with Crippen LogP contribution >= 0.6 is 0 Å². The number of halogens is 3. The molecule has 0 aliphatic carbocycles. The number of nitrogens with one attached hydrogen (secondary N) is 1. The third-order valence-electron chi connectivity index (χ3n) is 5.51. The van der Waals surface area contributed by atoms with Gasteiger partial charge >= 0.3 is 0 Å². The van der Waals surface area contributed by atoms with Crippen LogP contribution in [0.15, 0.2) is 53.1 Å². The van der Waals surface area contributed by atoms with E-state index in [1.165, 1.54) is 18.2 Å².